The molecule has 0 saturated carbocycles. The van der Waals surface area contributed by atoms with E-state index in [4.69, 9.17) is 5.73 Å². The molecular formula is C20H10F4N4O. The molecule has 144 valence electrons. The number of alkyl halides is 3. The molecule has 0 unspecified atom stereocenters. The maximum absolute atomic E-state index is 13.2. The van der Waals surface area contributed by atoms with Crippen molar-refractivity contribution in [3.8, 4) is 29.0 Å². The monoisotopic (exact) mass is 398 g/mol. The van der Waals surface area contributed by atoms with Crippen molar-refractivity contribution >= 4 is 5.82 Å². The van der Waals surface area contributed by atoms with E-state index in [1.54, 1.807) is 12.1 Å². The van der Waals surface area contributed by atoms with Crippen LogP contribution >= 0.6 is 0 Å². The third-order valence-electron chi connectivity index (χ3n) is 4.20. The summed E-state index contributed by atoms with van der Waals surface area (Å²) in [5.74, 6) is -1.01. The molecule has 0 aliphatic rings. The van der Waals surface area contributed by atoms with Crippen LogP contribution in [0.4, 0.5) is 23.4 Å². The van der Waals surface area contributed by atoms with Gasteiger partial charge in [0, 0.05) is 5.56 Å². The van der Waals surface area contributed by atoms with Gasteiger partial charge in [0.15, 0.2) is 0 Å². The van der Waals surface area contributed by atoms with Gasteiger partial charge in [-0.15, -0.1) is 0 Å². The summed E-state index contributed by atoms with van der Waals surface area (Å²) in [4.78, 5) is 12.9. The third-order valence-corrected chi connectivity index (χ3v) is 4.20. The molecule has 0 atom stereocenters. The number of nitriles is 2. The maximum atomic E-state index is 13.2. The van der Waals surface area contributed by atoms with Gasteiger partial charge in [0.1, 0.15) is 34.9 Å². The summed E-state index contributed by atoms with van der Waals surface area (Å²) in [5.41, 5.74) is 2.98. The fraction of sp³-hybridized carbons (Fsp3) is 0.0500. The fourth-order valence-electron chi connectivity index (χ4n) is 2.89. The minimum absolute atomic E-state index is 0.110. The van der Waals surface area contributed by atoms with Crippen LogP contribution in [0.1, 0.15) is 16.7 Å². The molecule has 5 nitrogen and oxygen atoms in total. The van der Waals surface area contributed by atoms with Crippen LogP contribution in [0, 0.1) is 28.5 Å². The summed E-state index contributed by atoms with van der Waals surface area (Å²) in [7, 11) is 0. The predicted octanol–water partition coefficient (Wildman–Crippen LogP) is 3.99. The largest absolute Gasteiger partial charge is 0.416 e. The Labute approximate surface area is 161 Å². The molecule has 0 fully saturated rings. The summed E-state index contributed by atoms with van der Waals surface area (Å²) in [6, 6.07) is 11.9. The zero-order valence-electron chi connectivity index (χ0n) is 14.5. The van der Waals surface area contributed by atoms with Crippen LogP contribution < -0.4 is 11.3 Å². The van der Waals surface area contributed by atoms with Gasteiger partial charge in [-0.25, -0.2) is 4.39 Å². The number of hydrogen-bond donors (Lipinski definition) is 1. The van der Waals surface area contributed by atoms with Crippen LogP contribution in [0.3, 0.4) is 0 Å². The summed E-state index contributed by atoms with van der Waals surface area (Å²) >= 11 is 0. The molecule has 2 aromatic carbocycles. The number of aromatic nitrogens is 1. The van der Waals surface area contributed by atoms with Gasteiger partial charge in [-0.05, 0) is 35.9 Å². The van der Waals surface area contributed by atoms with Crippen molar-refractivity contribution in [2.75, 3.05) is 5.73 Å². The molecule has 0 amide bonds. The van der Waals surface area contributed by atoms with Crippen LogP contribution in [0.15, 0.2) is 53.3 Å². The lowest BCUT2D eigenvalue weighted by atomic mass is 9.96. The first kappa shape index (κ1) is 19.6. The number of halogens is 4. The first-order chi connectivity index (χ1) is 13.7. The standard InChI is InChI=1S/C20H10F4N4O/c21-13-6-4-11(5-7-13)17-15(9-25)18(27)28(19(29)16(17)10-26)14-3-1-2-12(8-14)20(22,23)24/h1-8H,27H2. The molecule has 0 aliphatic carbocycles. The van der Waals surface area contributed by atoms with Crippen LogP contribution in [0.25, 0.3) is 16.8 Å². The van der Waals surface area contributed by atoms with E-state index in [2.05, 4.69) is 0 Å². The second-order valence-electron chi connectivity index (χ2n) is 5.93. The van der Waals surface area contributed by atoms with Crippen molar-refractivity contribution in [3.05, 3.63) is 81.4 Å². The van der Waals surface area contributed by atoms with Crippen LogP contribution in [-0.4, -0.2) is 4.57 Å². The molecular weight excluding hydrogens is 388 g/mol. The molecule has 0 aliphatic heterocycles. The molecule has 1 heterocycles. The van der Waals surface area contributed by atoms with Gasteiger partial charge in [0.2, 0.25) is 0 Å². The van der Waals surface area contributed by atoms with E-state index >= 15 is 0 Å². The summed E-state index contributed by atoms with van der Waals surface area (Å²) in [6.07, 6.45) is -4.67. The molecule has 0 saturated heterocycles. The van der Waals surface area contributed by atoms with E-state index in [-0.39, 0.29) is 22.4 Å². The molecule has 2 N–H and O–H groups in total. The predicted molar refractivity (Wildman–Crippen MR) is 96.3 cm³/mol. The van der Waals surface area contributed by atoms with Gasteiger partial charge in [0.25, 0.3) is 5.56 Å². The molecule has 0 spiro atoms. The molecule has 3 aromatic rings. The van der Waals surface area contributed by atoms with Crippen molar-refractivity contribution in [3.63, 3.8) is 0 Å². The Kier molecular flexibility index (Phi) is 4.83. The van der Waals surface area contributed by atoms with Crippen molar-refractivity contribution < 1.29 is 17.6 Å². The van der Waals surface area contributed by atoms with E-state index < -0.39 is 34.5 Å². The number of nitrogens with two attached hydrogens (primary N) is 1. The Balaban J connectivity index is 2.39. The Morgan fingerprint density at radius 3 is 2.14 bits per heavy atom. The highest BCUT2D eigenvalue weighted by Gasteiger charge is 2.31. The number of anilines is 1. The van der Waals surface area contributed by atoms with E-state index in [1.807, 2.05) is 0 Å². The SMILES string of the molecule is N#Cc1c(-c2ccc(F)cc2)c(C#N)c(=O)n(-c2cccc(C(F)(F)F)c2)c1N. The van der Waals surface area contributed by atoms with Crippen molar-refractivity contribution in [2.45, 2.75) is 6.18 Å². The summed E-state index contributed by atoms with van der Waals surface area (Å²) in [5, 5.41) is 19.1. The Morgan fingerprint density at radius 2 is 1.59 bits per heavy atom. The van der Waals surface area contributed by atoms with E-state index in [9.17, 15) is 32.9 Å². The average Bonchev–Trinajstić information content (AvgIpc) is 2.68. The molecule has 9 heteroatoms. The van der Waals surface area contributed by atoms with Crippen LogP contribution in [-0.2, 0) is 6.18 Å². The third kappa shape index (κ3) is 3.42. The number of benzene rings is 2. The van der Waals surface area contributed by atoms with Crippen molar-refractivity contribution in [1.29, 1.82) is 10.5 Å². The molecule has 0 bridgehead atoms. The lowest BCUT2D eigenvalue weighted by Gasteiger charge is -2.17. The first-order valence-corrected chi connectivity index (χ1v) is 8.01. The fourth-order valence-corrected chi connectivity index (χ4v) is 2.89. The molecule has 29 heavy (non-hydrogen) atoms. The lowest BCUT2D eigenvalue weighted by Crippen LogP contribution is -2.26. The summed E-state index contributed by atoms with van der Waals surface area (Å²) in [6.45, 7) is 0. The Morgan fingerprint density at radius 1 is 0.966 bits per heavy atom. The Bertz CT molecular complexity index is 1250. The zero-order valence-corrected chi connectivity index (χ0v) is 14.5. The highest BCUT2D eigenvalue weighted by Crippen LogP contribution is 2.33. The van der Waals surface area contributed by atoms with Gasteiger partial charge in [-0.3, -0.25) is 9.36 Å². The molecule has 0 radical (unpaired) electrons. The summed E-state index contributed by atoms with van der Waals surface area (Å²) < 4.78 is 53.0. The normalized spacial score (nSPS) is 11.0. The smallest absolute Gasteiger partial charge is 0.384 e. The number of hydrogen-bond acceptors (Lipinski definition) is 4. The first-order valence-electron chi connectivity index (χ1n) is 8.01. The lowest BCUT2D eigenvalue weighted by molar-refractivity contribution is -0.137. The number of nitrogen functional groups attached to an aromatic ring is 1. The molecule has 1 aromatic heterocycles. The van der Waals surface area contributed by atoms with E-state index in [0.29, 0.717) is 10.6 Å². The highest BCUT2D eigenvalue weighted by molar-refractivity contribution is 5.81. The van der Waals surface area contributed by atoms with E-state index in [1.165, 1.54) is 18.2 Å². The van der Waals surface area contributed by atoms with Gasteiger partial charge in [-0.2, -0.15) is 23.7 Å². The van der Waals surface area contributed by atoms with Crippen LogP contribution in [0.5, 0.6) is 0 Å². The van der Waals surface area contributed by atoms with Crippen molar-refractivity contribution in [2.24, 2.45) is 0 Å². The second-order valence-corrected chi connectivity index (χ2v) is 5.93. The Hall–Kier alpha value is -4.11. The zero-order chi connectivity index (χ0) is 21.3. The minimum atomic E-state index is -4.67. The average molecular weight is 398 g/mol. The van der Waals surface area contributed by atoms with E-state index in [0.717, 1.165) is 24.3 Å². The number of pyridine rings is 1. The topological polar surface area (TPSA) is 95.6 Å². The quantitative estimate of drug-likeness (QED) is 0.661. The molecule has 3 rings (SSSR count). The highest BCUT2D eigenvalue weighted by atomic mass is 19.4. The minimum Gasteiger partial charge on any atom is -0.384 e. The van der Waals surface area contributed by atoms with Crippen molar-refractivity contribution in [1.82, 2.24) is 4.57 Å². The van der Waals surface area contributed by atoms with Gasteiger partial charge < -0.3 is 5.73 Å². The number of nitrogens with zero attached hydrogens (tertiary/aromatic N) is 3. The van der Waals surface area contributed by atoms with Gasteiger partial charge in [-0.1, -0.05) is 18.2 Å². The second kappa shape index (κ2) is 7.13. The van der Waals surface area contributed by atoms with Crippen LogP contribution in [0.2, 0.25) is 0 Å². The number of rotatable bonds is 2. The maximum Gasteiger partial charge on any atom is 0.416 e. The van der Waals surface area contributed by atoms with Gasteiger partial charge in [0.05, 0.1) is 11.3 Å². The van der Waals surface area contributed by atoms with Gasteiger partial charge >= 0.3 is 6.18 Å².